The molecule has 0 spiro atoms. The Hall–Kier alpha value is -5.94. The second-order valence-corrected chi connectivity index (χ2v) is 11.2. The third-order valence-corrected chi connectivity index (χ3v) is 8.66. The normalized spacial score (nSPS) is 14.6. The average Bonchev–Trinajstić information content (AvgIpc) is 3.60. The number of para-hydroxylation sites is 2. The molecule has 5 nitrogen and oxygen atoms in total. The number of dihydropyridines is 1. The molecule has 0 saturated carbocycles. The van der Waals surface area contributed by atoms with Crippen LogP contribution in [0.1, 0.15) is 11.6 Å². The van der Waals surface area contributed by atoms with Crippen LogP contribution in [0.3, 0.4) is 0 Å². The van der Waals surface area contributed by atoms with Gasteiger partial charge >= 0.3 is 0 Å². The van der Waals surface area contributed by atoms with Gasteiger partial charge in [-0.25, -0.2) is 4.98 Å². The summed E-state index contributed by atoms with van der Waals surface area (Å²) >= 11 is 0. The van der Waals surface area contributed by atoms with Crippen molar-refractivity contribution in [3.63, 3.8) is 0 Å². The molecule has 1 atom stereocenters. The molecule has 0 fully saturated rings. The van der Waals surface area contributed by atoms with Gasteiger partial charge in [-0.15, -0.1) is 0 Å². The lowest BCUT2D eigenvalue weighted by Gasteiger charge is -2.17. The van der Waals surface area contributed by atoms with Crippen molar-refractivity contribution in [2.24, 2.45) is 0 Å². The second-order valence-electron chi connectivity index (χ2n) is 11.2. The SMILES string of the molecule is C1=CNC(c2ccc(-n3c4ccccc4c4cc5c6ccccc6n(-c6ccc(-c7ccccn7)cc6)c5nc43)cc2)C=C1. The first-order valence-electron chi connectivity index (χ1n) is 14.9. The summed E-state index contributed by atoms with van der Waals surface area (Å²) in [6.07, 6.45) is 10.1. The summed E-state index contributed by atoms with van der Waals surface area (Å²) in [4.78, 5) is 10.0. The molecule has 4 aromatic carbocycles. The van der Waals surface area contributed by atoms with Crippen LogP contribution in [0.15, 0.2) is 152 Å². The smallest absolute Gasteiger partial charge is 0.148 e. The Morgan fingerprint density at radius 3 is 1.77 bits per heavy atom. The second kappa shape index (κ2) is 9.82. The van der Waals surface area contributed by atoms with Gasteiger partial charge in [0.1, 0.15) is 11.3 Å². The number of fused-ring (bicyclic) bond motifs is 6. The zero-order chi connectivity index (χ0) is 29.0. The number of hydrogen-bond donors (Lipinski definition) is 1. The summed E-state index contributed by atoms with van der Waals surface area (Å²) < 4.78 is 4.58. The van der Waals surface area contributed by atoms with E-state index >= 15 is 0 Å². The van der Waals surface area contributed by atoms with E-state index in [4.69, 9.17) is 4.98 Å². The van der Waals surface area contributed by atoms with E-state index in [9.17, 15) is 0 Å². The molecule has 8 aromatic rings. The maximum absolute atomic E-state index is 5.48. The lowest BCUT2D eigenvalue weighted by Crippen LogP contribution is -2.14. The van der Waals surface area contributed by atoms with Crippen LogP contribution >= 0.6 is 0 Å². The van der Waals surface area contributed by atoms with Gasteiger partial charge in [0, 0.05) is 44.7 Å². The van der Waals surface area contributed by atoms with E-state index in [0.29, 0.717) is 0 Å². The minimum Gasteiger partial charge on any atom is -0.381 e. The van der Waals surface area contributed by atoms with Gasteiger partial charge in [-0.2, -0.15) is 0 Å². The maximum atomic E-state index is 5.48. The molecular formula is C39H27N5. The molecule has 0 aliphatic carbocycles. The van der Waals surface area contributed by atoms with Gasteiger partial charge < -0.3 is 5.32 Å². The third-order valence-electron chi connectivity index (χ3n) is 8.66. The van der Waals surface area contributed by atoms with Crippen LogP contribution < -0.4 is 5.32 Å². The van der Waals surface area contributed by atoms with Crippen LogP contribution in [0.25, 0.3) is 66.5 Å². The predicted octanol–water partition coefficient (Wildman–Crippen LogP) is 9.05. The largest absolute Gasteiger partial charge is 0.381 e. The predicted molar refractivity (Wildman–Crippen MR) is 180 cm³/mol. The number of nitrogens with zero attached hydrogens (tertiary/aromatic N) is 4. The van der Waals surface area contributed by atoms with Crippen molar-refractivity contribution in [3.8, 4) is 22.6 Å². The monoisotopic (exact) mass is 565 g/mol. The Balaban J connectivity index is 1.27. The van der Waals surface area contributed by atoms with Gasteiger partial charge in [-0.05, 0) is 72.4 Å². The van der Waals surface area contributed by atoms with E-state index in [-0.39, 0.29) is 6.04 Å². The molecule has 4 aromatic heterocycles. The zero-order valence-corrected chi connectivity index (χ0v) is 23.8. The molecule has 9 rings (SSSR count). The highest BCUT2D eigenvalue weighted by atomic mass is 15.1. The third kappa shape index (κ3) is 3.80. The fraction of sp³-hybridized carbons (Fsp3) is 0.0256. The van der Waals surface area contributed by atoms with E-state index in [2.05, 4.69) is 135 Å². The fourth-order valence-electron chi connectivity index (χ4n) is 6.57. The molecule has 44 heavy (non-hydrogen) atoms. The van der Waals surface area contributed by atoms with Crippen LogP contribution in [-0.4, -0.2) is 19.1 Å². The molecule has 0 amide bonds. The van der Waals surface area contributed by atoms with Gasteiger partial charge in [-0.1, -0.05) is 78.9 Å². The van der Waals surface area contributed by atoms with Crippen LogP contribution in [0.2, 0.25) is 0 Å². The van der Waals surface area contributed by atoms with Crippen LogP contribution in [0.5, 0.6) is 0 Å². The summed E-state index contributed by atoms with van der Waals surface area (Å²) in [6.45, 7) is 0. The topological polar surface area (TPSA) is 47.7 Å². The van der Waals surface area contributed by atoms with Crippen LogP contribution in [-0.2, 0) is 0 Å². The minimum absolute atomic E-state index is 0.171. The van der Waals surface area contributed by atoms with Gasteiger partial charge in [0.15, 0.2) is 0 Å². The van der Waals surface area contributed by atoms with Crippen LogP contribution in [0, 0.1) is 0 Å². The molecule has 1 N–H and O–H groups in total. The number of benzene rings is 4. The highest BCUT2D eigenvalue weighted by Gasteiger charge is 2.20. The average molecular weight is 566 g/mol. The van der Waals surface area contributed by atoms with Gasteiger partial charge in [-0.3, -0.25) is 14.1 Å². The van der Waals surface area contributed by atoms with E-state index in [1.807, 2.05) is 36.7 Å². The Morgan fingerprint density at radius 1 is 0.568 bits per heavy atom. The number of hydrogen-bond acceptors (Lipinski definition) is 3. The summed E-state index contributed by atoms with van der Waals surface area (Å²) in [5.41, 5.74) is 9.58. The number of aromatic nitrogens is 4. The Labute approximate surface area is 254 Å². The van der Waals surface area contributed by atoms with Crippen molar-refractivity contribution in [1.82, 2.24) is 24.4 Å². The first-order valence-corrected chi connectivity index (χ1v) is 14.9. The van der Waals surface area contributed by atoms with E-state index in [1.165, 1.54) is 16.3 Å². The summed E-state index contributed by atoms with van der Waals surface area (Å²) in [6, 6.07) is 43.1. The highest BCUT2D eigenvalue weighted by Crippen LogP contribution is 2.38. The highest BCUT2D eigenvalue weighted by molar-refractivity contribution is 6.16. The van der Waals surface area contributed by atoms with Crippen LogP contribution in [0.4, 0.5) is 0 Å². The van der Waals surface area contributed by atoms with Crippen molar-refractivity contribution < 1.29 is 0 Å². The molecule has 1 unspecified atom stereocenters. The van der Waals surface area contributed by atoms with Crippen molar-refractivity contribution in [1.29, 1.82) is 0 Å². The molecule has 0 radical (unpaired) electrons. The summed E-state index contributed by atoms with van der Waals surface area (Å²) in [7, 11) is 0. The number of nitrogens with one attached hydrogen (secondary N) is 1. The van der Waals surface area contributed by atoms with E-state index < -0.39 is 0 Å². The van der Waals surface area contributed by atoms with Gasteiger partial charge in [0.05, 0.1) is 22.8 Å². The quantitative estimate of drug-likeness (QED) is 0.232. The Bertz CT molecular complexity index is 2390. The molecule has 1 aliphatic heterocycles. The molecule has 0 saturated heterocycles. The van der Waals surface area contributed by atoms with E-state index in [0.717, 1.165) is 55.7 Å². The lowest BCUT2D eigenvalue weighted by atomic mass is 10.0. The summed E-state index contributed by atoms with van der Waals surface area (Å²) in [5.74, 6) is 0. The molecule has 0 bridgehead atoms. The molecule has 5 heterocycles. The zero-order valence-electron chi connectivity index (χ0n) is 23.8. The standard InChI is InChI=1S/C39H27N5/c1-3-13-36-30(9-1)32-25-33-31-10-2-4-14-37(31)44(29-21-17-27(18-22-29)35-12-6-8-24-41-35)39(33)42-38(32)43(36)28-19-15-26(16-20-28)34-11-5-7-23-40-34/h1-25,34,40H. The van der Waals surface area contributed by atoms with Crippen molar-refractivity contribution >= 4 is 43.9 Å². The first kappa shape index (κ1) is 24.6. The molecule has 5 heteroatoms. The number of pyridine rings is 2. The maximum Gasteiger partial charge on any atom is 0.148 e. The molecule has 208 valence electrons. The Kier molecular flexibility index (Phi) is 5.50. The van der Waals surface area contributed by atoms with E-state index in [1.54, 1.807) is 0 Å². The number of rotatable bonds is 4. The number of allylic oxidation sites excluding steroid dienone is 2. The van der Waals surface area contributed by atoms with Crippen molar-refractivity contribution in [3.05, 3.63) is 158 Å². The lowest BCUT2D eigenvalue weighted by molar-refractivity contribution is 0.746. The van der Waals surface area contributed by atoms with Gasteiger partial charge in [0.2, 0.25) is 0 Å². The van der Waals surface area contributed by atoms with Crippen molar-refractivity contribution in [2.75, 3.05) is 0 Å². The summed E-state index contributed by atoms with van der Waals surface area (Å²) in [5, 5.41) is 8.09. The van der Waals surface area contributed by atoms with Crippen molar-refractivity contribution in [2.45, 2.75) is 6.04 Å². The Morgan fingerprint density at radius 2 is 1.18 bits per heavy atom. The fourth-order valence-corrected chi connectivity index (χ4v) is 6.57. The minimum atomic E-state index is 0.171. The molecule has 1 aliphatic rings. The molecular weight excluding hydrogens is 538 g/mol. The first-order chi connectivity index (χ1) is 21.8. The van der Waals surface area contributed by atoms with Gasteiger partial charge in [0.25, 0.3) is 0 Å².